The van der Waals surface area contributed by atoms with Crippen molar-refractivity contribution in [1.29, 1.82) is 0 Å². The number of nitrogens with two attached hydrogens (primary N) is 1. The molecule has 3 rings (SSSR count). The highest BCUT2D eigenvalue weighted by Crippen LogP contribution is 2.22. The van der Waals surface area contributed by atoms with Crippen LogP contribution in [-0.2, 0) is 4.74 Å². The van der Waals surface area contributed by atoms with E-state index in [2.05, 4.69) is 25.9 Å². The summed E-state index contributed by atoms with van der Waals surface area (Å²) in [7, 11) is 0. The molecule has 1 aliphatic heterocycles. The van der Waals surface area contributed by atoms with Gasteiger partial charge in [0.1, 0.15) is 17.7 Å². The Morgan fingerprint density at radius 3 is 3.04 bits per heavy atom. The van der Waals surface area contributed by atoms with Gasteiger partial charge in [-0.15, -0.1) is 0 Å². The number of carbonyl (C=O) groups is 1. The molecule has 0 spiro atoms. The van der Waals surface area contributed by atoms with E-state index in [1.165, 1.54) is 18.2 Å². The summed E-state index contributed by atoms with van der Waals surface area (Å²) < 4.78 is 19.9. The highest BCUT2D eigenvalue weighted by Gasteiger charge is 2.25. The zero-order chi connectivity index (χ0) is 17.1. The van der Waals surface area contributed by atoms with Crippen LogP contribution in [0, 0.1) is 5.82 Å². The summed E-state index contributed by atoms with van der Waals surface area (Å²) in [6, 6.07) is 5.95. The molecule has 1 aromatic carbocycles. The maximum atomic E-state index is 13.8. The molecule has 2 N–H and O–H groups in total. The Bertz CT molecular complexity index is 759. The first-order chi connectivity index (χ1) is 11.5. The highest BCUT2D eigenvalue weighted by molar-refractivity contribution is 9.10. The number of aromatic nitrogens is 2. The number of piperidine rings is 1. The van der Waals surface area contributed by atoms with E-state index in [0.717, 1.165) is 19.4 Å². The van der Waals surface area contributed by atoms with Crippen molar-refractivity contribution in [2.75, 3.05) is 23.7 Å². The number of nitrogen functional groups attached to an aromatic ring is 1. The monoisotopic (exact) mass is 394 g/mol. The SMILES string of the molecule is Nc1nccc(N2CCC[C@@H](OC(=O)c3cc(Br)ccc3F)C2)n1. The van der Waals surface area contributed by atoms with Gasteiger partial charge < -0.3 is 15.4 Å². The molecule has 2 heterocycles. The molecule has 126 valence electrons. The van der Waals surface area contributed by atoms with Crippen LogP contribution in [-0.4, -0.2) is 35.1 Å². The van der Waals surface area contributed by atoms with Gasteiger partial charge in [-0.2, -0.15) is 4.98 Å². The maximum absolute atomic E-state index is 13.8. The smallest absolute Gasteiger partial charge is 0.341 e. The van der Waals surface area contributed by atoms with Crippen molar-refractivity contribution in [2.45, 2.75) is 18.9 Å². The molecule has 1 fully saturated rings. The lowest BCUT2D eigenvalue weighted by Gasteiger charge is -2.33. The second-order valence-electron chi connectivity index (χ2n) is 5.51. The largest absolute Gasteiger partial charge is 0.457 e. The van der Waals surface area contributed by atoms with E-state index in [-0.39, 0.29) is 17.6 Å². The highest BCUT2D eigenvalue weighted by atomic mass is 79.9. The van der Waals surface area contributed by atoms with E-state index >= 15 is 0 Å². The van der Waals surface area contributed by atoms with Crippen LogP contribution >= 0.6 is 15.9 Å². The zero-order valence-electron chi connectivity index (χ0n) is 12.8. The van der Waals surface area contributed by atoms with Crippen molar-refractivity contribution in [2.24, 2.45) is 0 Å². The number of hydrogen-bond acceptors (Lipinski definition) is 6. The predicted molar refractivity (Wildman–Crippen MR) is 91.2 cm³/mol. The van der Waals surface area contributed by atoms with Gasteiger partial charge in [0.2, 0.25) is 5.95 Å². The molecule has 0 saturated carbocycles. The van der Waals surface area contributed by atoms with E-state index in [1.807, 2.05) is 4.90 Å². The lowest BCUT2D eigenvalue weighted by Crippen LogP contribution is -2.41. The Labute approximate surface area is 147 Å². The molecule has 0 amide bonds. The average molecular weight is 395 g/mol. The summed E-state index contributed by atoms with van der Waals surface area (Å²) in [5.41, 5.74) is 5.53. The van der Waals surface area contributed by atoms with Crippen molar-refractivity contribution in [3.05, 3.63) is 46.3 Å². The summed E-state index contributed by atoms with van der Waals surface area (Å²) in [5, 5.41) is 0. The predicted octanol–water partition coefficient (Wildman–Crippen LogP) is 2.79. The number of esters is 1. The quantitative estimate of drug-likeness (QED) is 0.806. The molecule has 6 nitrogen and oxygen atoms in total. The number of ether oxygens (including phenoxy) is 1. The van der Waals surface area contributed by atoms with Gasteiger partial charge in [-0.1, -0.05) is 15.9 Å². The molecular formula is C16H16BrFN4O2. The molecule has 24 heavy (non-hydrogen) atoms. The summed E-state index contributed by atoms with van der Waals surface area (Å²) in [6.07, 6.45) is 2.81. The fourth-order valence-electron chi connectivity index (χ4n) is 2.65. The fourth-order valence-corrected chi connectivity index (χ4v) is 3.01. The Kier molecular flexibility index (Phi) is 4.94. The van der Waals surface area contributed by atoms with Gasteiger partial charge in [-0.05, 0) is 37.1 Å². The van der Waals surface area contributed by atoms with Gasteiger partial charge in [0.05, 0.1) is 12.1 Å². The molecule has 1 atom stereocenters. The van der Waals surface area contributed by atoms with Gasteiger partial charge in [0, 0.05) is 17.2 Å². The van der Waals surface area contributed by atoms with Crippen molar-refractivity contribution in [3.8, 4) is 0 Å². The molecule has 8 heteroatoms. The lowest BCUT2D eigenvalue weighted by molar-refractivity contribution is 0.0264. The number of benzene rings is 1. The Morgan fingerprint density at radius 1 is 1.42 bits per heavy atom. The third-order valence-corrected chi connectivity index (χ3v) is 4.28. The molecule has 0 radical (unpaired) electrons. The van der Waals surface area contributed by atoms with E-state index in [1.54, 1.807) is 12.3 Å². The van der Waals surface area contributed by atoms with Crippen LogP contribution in [0.1, 0.15) is 23.2 Å². The number of hydrogen-bond donors (Lipinski definition) is 1. The third-order valence-electron chi connectivity index (χ3n) is 3.78. The van der Waals surface area contributed by atoms with Crippen LogP contribution in [0.5, 0.6) is 0 Å². The summed E-state index contributed by atoms with van der Waals surface area (Å²) >= 11 is 3.23. The van der Waals surface area contributed by atoms with Crippen molar-refractivity contribution < 1.29 is 13.9 Å². The fraction of sp³-hybridized carbons (Fsp3) is 0.312. The number of nitrogens with zero attached hydrogens (tertiary/aromatic N) is 3. The standard InChI is InChI=1S/C16H16BrFN4O2/c17-10-3-4-13(18)12(8-10)15(23)24-11-2-1-7-22(9-11)14-5-6-20-16(19)21-14/h3-6,8,11H,1-2,7,9H2,(H2,19,20,21)/t11-/m1/s1. The van der Waals surface area contributed by atoms with E-state index in [9.17, 15) is 9.18 Å². The Balaban J connectivity index is 1.69. The second-order valence-corrected chi connectivity index (χ2v) is 6.43. The molecule has 1 aliphatic rings. The first-order valence-electron chi connectivity index (χ1n) is 7.52. The zero-order valence-corrected chi connectivity index (χ0v) is 14.4. The molecule has 0 unspecified atom stereocenters. The second kappa shape index (κ2) is 7.12. The number of anilines is 2. The molecule has 0 bridgehead atoms. The summed E-state index contributed by atoms with van der Waals surface area (Å²) in [5.74, 6) is -0.373. The van der Waals surface area contributed by atoms with Gasteiger partial charge in [0.15, 0.2) is 0 Å². The van der Waals surface area contributed by atoms with Crippen molar-refractivity contribution in [3.63, 3.8) is 0 Å². The van der Waals surface area contributed by atoms with Crippen molar-refractivity contribution >= 4 is 33.7 Å². The molecule has 0 aliphatic carbocycles. The molecule has 1 aromatic heterocycles. The van der Waals surface area contributed by atoms with Gasteiger partial charge in [-0.3, -0.25) is 0 Å². The summed E-state index contributed by atoms with van der Waals surface area (Å²) in [6.45, 7) is 1.27. The van der Waals surface area contributed by atoms with Crippen molar-refractivity contribution in [1.82, 2.24) is 9.97 Å². The van der Waals surface area contributed by atoms with Crippen LogP contribution in [0.4, 0.5) is 16.2 Å². The maximum Gasteiger partial charge on any atom is 0.341 e. The summed E-state index contributed by atoms with van der Waals surface area (Å²) in [4.78, 5) is 22.3. The minimum absolute atomic E-state index is 0.0761. The van der Waals surface area contributed by atoms with Crippen LogP contribution in [0.3, 0.4) is 0 Å². The van der Waals surface area contributed by atoms with Gasteiger partial charge >= 0.3 is 5.97 Å². The lowest BCUT2D eigenvalue weighted by atomic mass is 10.1. The van der Waals surface area contributed by atoms with E-state index in [0.29, 0.717) is 16.8 Å². The molecule has 2 aromatic rings. The molecule has 1 saturated heterocycles. The first kappa shape index (κ1) is 16.6. The van der Waals surface area contributed by atoms with Gasteiger partial charge in [-0.25, -0.2) is 14.2 Å². The number of halogens is 2. The van der Waals surface area contributed by atoms with E-state index in [4.69, 9.17) is 10.5 Å². The number of carbonyl (C=O) groups excluding carboxylic acids is 1. The molecular weight excluding hydrogens is 379 g/mol. The normalized spacial score (nSPS) is 17.6. The van der Waals surface area contributed by atoms with Crippen LogP contribution in [0.15, 0.2) is 34.9 Å². The van der Waals surface area contributed by atoms with E-state index < -0.39 is 11.8 Å². The first-order valence-corrected chi connectivity index (χ1v) is 8.32. The van der Waals surface area contributed by atoms with Gasteiger partial charge in [0.25, 0.3) is 0 Å². The van der Waals surface area contributed by atoms with Crippen LogP contribution < -0.4 is 10.6 Å². The third kappa shape index (κ3) is 3.81. The Hall–Kier alpha value is -2.22. The minimum Gasteiger partial charge on any atom is -0.457 e. The topological polar surface area (TPSA) is 81.3 Å². The average Bonchev–Trinajstić information content (AvgIpc) is 2.57. The van der Waals surface area contributed by atoms with Crippen LogP contribution in [0.25, 0.3) is 0 Å². The number of rotatable bonds is 3. The Morgan fingerprint density at radius 2 is 2.25 bits per heavy atom. The van der Waals surface area contributed by atoms with Crippen LogP contribution in [0.2, 0.25) is 0 Å². The minimum atomic E-state index is -0.664.